The number of nitrogens with one attached hydrogen (secondary N) is 2. The van der Waals surface area contributed by atoms with Crippen molar-refractivity contribution in [1.82, 2.24) is 20.4 Å². The average Bonchev–Trinajstić information content (AvgIpc) is 3.53. The lowest BCUT2D eigenvalue weighted by Gasteiger charge is -2.42. The van der Waals surface area contributed by atoms with Crippen molar-refractivity contribution in [2.75, 3.05) is 26.2 Å². The molecule has 2 saturated heterocycles. The minimum atomic E-state index is -0.768. The van der Waals surface area contributed by atoms with E-state index in [-0.39, 0.29) is 30.0 Å². The summed E-state index contributed by atoms with van der Waals surface area (Å²) in [7, 11) is 0. The summed E-state index contributed by atoms with van der Waals surface area (Å²) in [5.41, 5.74) is 0. The molecule has 0 aromatic rings. The first-order valence-corrected chi connectivity index (χ1v) is 12.7. The zero-order valence-electron chi connectivity index (χ0n) is 18.9. The molecule has 6 nitrogen and oxygen atoms in total. The van der Waals surface area contributed by atoms with Gasteiger partial charge in [-0.2, -0.15) is 0 Å². The number of amides is 2. The standard InChI is InChI=1S/C24H39FN4O2/c1-15-5-8-20(25)19-14-21(27-22(15)19)23(30)26-17-3-2-4-18(13-17)28-9-11-29(12-10-28)24(31)16-6-7-16/h15-22,27H,2-14H2,1H3,(H,26,30). The van der Waals surface area contributed by atoms with Gasteiger partial charge >= 0.3 is 0 Å². The lowest BCUT2D eigenvalue weighted by Crippen LogP contribution is -2.55. The van der Waals surface area contributed by atoms with Gasteiger partial charge in [-0.15, -0.1) is 0 Å². The molecule has 2 aliphatic heterocycles. The van der Waals surface area contributed by atoms with Crippen molar-refractivity contribution in [3.8, 4) is 0 Å². The Kier molecular flexibility index (Phi) is 6.26. The third kappa shape index (κ3) is 4.63. The van der Waals surface area contributed by atoms with Crippen molar-refractivity contribution in [3.63, 3.8) is 0 Å². The minimum absolute atomic E-state index is 0.00625. The lowest BCUT2D eigenvalue weighted by molar-refractivity contribution is -0.135. The van der Waals surface area contributed by atoms with Gasteiger partial charge < -0.3 is 15.5 Å². The maximum atomic E-state index is 14.4. The van der Waals surface area contributed by atoms with Gasteiger partial charge in [-0.1, -0.05) is 6.92 Å². The fourth-order valence-electron chi connectivity index (χ4n) is 6.62. The summed E-state index contributed by atoms with van der Waals surface area (Å²) in [6.45, 7) is 5.78. The van der Waals surface area contributed by atoms with Crippen molar-refractivity contribution < 1.29 is 14.0 Å². The molecule has 5 aliphatic rings. The minimum Gasteiger partial charge on any atom is -0.352 e. The Labute approximate surface area is 185 Å². The van der Waals surface area contributed by atoms with E-state index in [0.29, 0.717) is 36.6 Å². The van der Waals surface area contributed by atoms with Crippen LogP contribution in [0.3, 0.4) is 0 Å². The van der Waals surface area contributed by atoms with E-state index >= 15 is 0 Å². The smallest absolute Gasteiger partial charge is 0.237 e. The van der Waals surface area contributed by atoms with E-state index in [4.69, 9.17) is 0 Å². The summed E-state index contributed by atoms with van der Waals surface area (Å²) in [5.74, 6) is 1.18. The van der Waals surface area contributed by atoms with Crippen LogP contribution in [0.5, 0.6) is 0 Å². The van der Waals surface area contributed by atoms with E-state index in [1.54, 1.807) is 0 Å². The molecule has 2 amide bonds. The highest BCUT2D eigenvalue weighted by Gasteiger charge is 2.46. The first kappa shape index (κ1) is 21.6. The third-order valence-corrected chi connectivity index (χ3v) is 8.72. The number of halogens is 1. The highest BCUT2D eigenvalue weighted by molar-refractivity contribution is 5.82. The number of piperazine rings is 1. The summed E-state index contributed by atoms with van der Waals surface area (Å²) in [6.07, 6.45) is 7.89. The SMILES string of the molecule is CC1CCC(F)C2CC(C(=O)NC3CCCC(N4CCN(C(=O)C5CC5)CC4)C3)NC12. The first-order chi connectivity index (χ1) is 15.0. The van der Waals surface area contributed by atoms with E-state index in [2.05, 4.69) is 27.4 Å². The molecule has 5 rings (SSSR count). The number of fused-ring (bicyclic) bond motifs is 1. The summed E-state index contributed by atoms with van der Waals surface area (Å²) in [6, 6.07) is 0.603. The quantitative estimate of drug-likeness (QED) is 0.711. The maximum Gasteiger partial charge on any atom is 0.237 e. The molecule has 3 aliphatic carbocycles. The van der Waals surface area contributed by atoms with E-state index in [9.17, 15) is 14.0 Å². The molecule has 0 aromatic heterocycles. The second-order valence-electron chi connectivity index (χ2n) is 10.9. The number of nitrogens with zero attached hydrogens (tertiary/aromatic N) is 2. The molecule has 2 heterocycles. The predicted molar refractivity (Wildman–Crippen MR) is 117 cm³/mol. The zero-order valence-corrected chi connectivity index (χ0v) is 18.9. The molecule has 5 fully saturated rings. The van der Waals surface area contributed by atoms with E-state index < -0.39 is 6.17 Å². The maximum absolute atomic E-state index is 14.4. The second-order valence-corrected chi connectivity index (χ2v) is 10.9. The third-order valence-electron chi connectivity index (χ3n) is 8.72. The molecular formula is C24H39FN4O2. The molecule has 7 atom stereocenters. The molecule has 31 heavy (non-hydrogen) atoms. The van der Waals surface area contributed by atoms with Gasteiger partial charge in [-0.3, -0.25) is 14.5 Å². The predicted octanol–water partition coefficient (Wildman–Crippen LogP) is 2.08. The Morgan fingerprint density at radius 1 is 0.968 bits per heavy atom. The van der Waals surface area contributed by atoms with Crippen LogP contribution in [-0.2, 0) is 9.59 Å². The van der Waals surface area contributed by atoms with Crippen molar-refractivity contribution in [2.45, 2.75) is 95.1 Å². The largest absolute Gasteiger partial charge is 0.352 e. The van der Waals surface area contributed by atoms with Crippen LogP contribution >= 0.6 is 0 Å². The molecule has 0 radical (unpaired) electrons. The second kappa shape index (κ2) is 8.97. The van der Waals surface area contributed by atoms with Crippen LogP contribution < -0.4 is 10.6 Å². The van der Waals surface area contributed by atoms with Crippen LogP contribution in [0.15, 0.2) is 0 Å². The van der Waals surface area contributed by atoms with Crippen LogP contribution in [0, 0.1) is 17.8 Å². The van der Waals surface area contributed by atoms with Gasteiger partial charge in [0.25, 0.3) is 0 Å². The van der Waals surface area contributed by atoms with Crippen LogP contribution in [0.2, 0.25) is 0 Å². The van der Waals surface area contributed by atoms with Gasteiger partial charge in [-0.25, -0.2) is 4.39 Å². The van der Waals surface area contributed by atoms with Crippen molar-refractivity contribution >= 4 is 11.8 Å². The van der Waals surface area contributed by atoms with Crippen LogP contribution in [0.4, 0.5) is 4.39 Å². The summed E-state index contributed by atoms with van der Waals surface area (Å²) in [5, 5.41) is 6.77. The van der Waals surface area contributed by atoms with Gasteiger partial charge in [-0.05, 0) is 63.7 Å². The highest BCUT2D eigenvalue weighted by Crippen LogP contribution is 2.39. The molecular weight excluding hydrogens is 395 g/mol. The molecule has 174 valence electrons. The van der Waals surface area contributed by atoms with Gasteiger partial charge in [0.15, 0.2) is 0 Å². The van der Waals surface area contributed by atoms with E-state index in [1.807, 2.05) is 0 Å². The average molecular weight is 435 g/mol. The van der Waals surface area contributed by atoms with Gasteiger partial charge in [0.2, 0.25) is 11.8 Å². The lowest BCUT2D eigenvalue weighted by atomic mass is 9.77. The van der Waals surface area contributed by atoms with Gasteiger partial charge in [0.05, 0.1) is 6.04 Å². The Bertz CT molecular complexity index is 660. The van der Waals surface area contributed by atoms with Crippen molar-refractivity contribution in [2.24, 2.45) is 17.8 Å². The molecule has 3 saturated carbocycles. The van der Waals surface area contributed by atoms with E-state index in [0.717, 1.165) is 64.7 Å². The number of carbonyl (C=O) groups excluding carboxylic acids is 2. The Hall–Kier alpha value is -1.21. The van der Waals surface area contributed by atoms with Crippen LogP contribution in [0.1, 0.15) is 64.7 Å². The number of hydrogen-bond donors (Lipinski definition) is 2. The topological polar surface area (TPSA) is 64.7 Å². The summed E-state index contributed by atoms with van der Waals surface area (Å²) < 4.78 is 14.4. The van der Waals surface area contributed by atoms with Crippen LogP contribution in [-0.4, -0.2) is 78.1 Å². The Balaban J connectivity index is 1.10. The Morgan fingerprint density at radius 3 is 2.45 bits per heavy atom. The molecule has 0 spiro atoms. The van der Waals surface area contributed by atoms with Gasteiger partial charge in [0, 0.05) is 56.1 Å². The number of hydrogen-bond acceptors (Lipinski definition) is 4. The first-order valence-electron chi connectivity index (χ1n) is 12.7. The number of rotatable bonds is 4. The highest BCUT2D eigenvalue weighted by atomic mass is 19.1. The molecule has 7 unspecified atom stereocenters. The molecule has 0 aromatic carbocycles. The normalized spacial score (nSPS) is 41.6. The molecule has 2 N–H and O–H groups in total. The zero-order chi connectivity index (χ0) is 21.5. The molecule has 7 heteroatoms. The fourth-order valence-corrected chi connectivity index (χ4v) is 6.62. The van der Waals surface area contributed by atoms with E-state index in [1.165, 1.54) is 6.42 Å². The van der Waals surface area contributed by atoms with Crippen LogP contribution in [0.25, 0.3) is 0 Å². The summed E-state index contributed by atoms with van der Waals surface area (Å²) >= 11 is 0. The fraction of sp³-hybridized carbons (Fsp3) is 0.917. The molecule has 0 bridgehead atoms. The Morgan fingerprint density at radius 2 is 1.74 bits per heavy atom. The van der Waals surface area contributed by atoms with Crippen molar-refractivity contribution in [1.29, 1.82) is 0 Å². The number of carbonyl (C=O) groups is 2. The monoisotopic (exact) mass is 434 g/mol. The summed E-state index contributed by atoms with van der Waals surface area (Å²) in [4.78, 5) is 29.9. The van der Waals surface area contributed by atoms with Crippen molar-refractivity contribution in [3.05, 3.63) is 0 Å². The number of alkyl halides is 1. The van der Waals surface area contributed by atoms with Gasteiger partial charge in [0.1, 0.15) is 6.17 Å².